The Kier molecular flexibility index (Phi) is 9.78. The van der Waals surface area contributed by atoms with Crippen molar-refractivity contribution in [3.63, 3.8) is 0 Å². The highest BCUT2D eigenvalue weighted by Gasteiger charge is 2.01. The molecule has 0 aliphatic heterocycles. The van der Waals surface area contributed by atoms with Crippen molar-refractivity contribution in [1.82, 2.24) is 0 Å². The molecule has 146 valence electrons. The molecule has 4 heteroatoms. The van der Waals surface area contributed by atoms with Crippen LogP contribution in [0.3, 0.4) is 0 Å². The average molecular weight is 387 g/mol. The summed E-state index contributed by atoms with van der Waals surface area (Å²) < 4.78 is 5.81. The van der Waals surface area contributed by atoms with Gasteiger partial charge in [-0.2, -0.15) is 5.10 Å². The smallest absolute Gasteiger partial charge is 0.120 e. The lowest BCUT2D eigenvalue weighted by molar-refractivity contribution is 0.304. The molecule has 2 aromatic carbocycles. The number of rotatable bonds is 12. The Morgan fingerprint density at radius 3 is 2.37 bits per heavy atom. The SMILES string of the molecule is CCCCCCCCCOc1ccc(/C=N/Nc2ccc(C)cc2)c(Cl)c1. The van der Waals surface area contributed by atoms with Crippen molar-refractivity contribution in [2.45, 2.75) is 58.8 Å². The predicted molar refractivity (Wildman–Crippen MR) is 117 cm³/mol. The number of unbranched alkanes of at least 4 members (excludes halogenated alkanes) is 6. The largest absolute Gasteiger partial charge is 0.494 e. The highest BCUT2D eigenvalue weighted by molar-refractivity contribution is 6.33. The van der Waals surface area contributed by atoms with Crippen molar-refractivity contribution in [3.8, 4) is 5.75 Å². The molecule has 27 heavy (non-hydrogen) atoms. The monoisotopic (exact) mass is 386 g/mol. The first-order chi connectivity index (χ1) is 13.2. The third-order valence-corrected chi connectivity index (χ3v) is 4.76. The van der Waals surface area contributed by atoms with Crippen molar-refractivity contribution in [2.24, 2.45) is 5.10 Å². The van der Waals surface area contributed by atoms with E-state index in [1.807, 2.05) is 42.5 Å². The van der Waals surface area contributed by atoms with Crippen molar-refractivity contribution in [2.75, 3.05) is 12.0 Å². The highest BCUT2D eigenvalue weighted by Crippen LogP contribution is 2.22. The number of hydrogen-bond donors (Lipinski definition) is 1. The quantitative estimate of drug-likeness (QED) is 0.237. The van der Waals surface area contributed by atoms with Gasteiger partial charge in [-0.25, -0.2) is 0 Å². The second-order valence-electron chi connectivity index (χ2n) is 6.89. The van der Waals surface area contributed by atoms with Crippen LogP contribution in [0.1, 0.15) is 63.0 Å². The number of halogens is 1. The van der Waals surface area contributed by atoms with Crippen LogP contribution in [0, 0.1) is 6.92 Å². The van der Waals surface area contributed by atoms with E-state index in [4.69, 9.17) is 16.3 Å². The lowest BCUT2D eigenvalue weighted by atomic mass is 10.1. The second kappa shape index (κ2) is 12.4. The third-order valence-electron chi connectivity index (χ3n) is 4.44. The molecule has 2 aromatic rings. The van der Waals surface area contributed by atoms with Crippen LogP contribution in [-0.2, 0) is 0 Å². The molecule has 0 unspecified atom stereocenters. The Balaban J connectivity index is 1.71. The molecular formula is C23H31ClN2O. The number of anilines is 1. The number of hydrazone groups is 1. The summed E-state index contributed by atoms with van der Waals surface area (Å²) in [7, 11) is 0. The van der Waals surface area contributed by atoms with Gasteiger partial charge in [-0.05, 0) is 43.7 Å². The molecule has 0 aliphatic rings. The summed E-state index contributed by atoms with van der Waals surface area (Å²) in [6.45, 7) is 5.05. The summed E-state index contributed by atoms with van der Waals surface area (Å²) in [5, 5.41) is 4.89. The molecule has 0 bridgehead atoms. The molecule has 1 N–H and O–H groups in total. The van der Waals surface area contributed by atoms with E-state index in [9.17, 15) is 0 Å². The van der Waals surface area contributed by atoms with E-state index in [1.165, 1.54) is 44.1 Å². The average Bonchev–Trinajstić information content (AvgIpc) is 2.67. The molecule has 0 heterocycles. The fourth-order valence-corrected chi connectivity index (χ4v) is 2.98. The zero-order valence-electron chi connectivity index (χ0n) is 16.5. The molecule has 0 saturated heterocycles. The van der Waals surface area contributed by atoms with E-state index in [2.05, 4.69) is 24.4 Å². The van der Waals surface area contributed by atoms with Crippen LogP contribution in [0.25, 0.3) is 0 Å². The minimum absolute atomic E-state index is 0.640. The van der Waals surface area contributed by atoms with Gasteiger partial charge in [0.05, 0.1) is 23.5 Å². The van der Waals surface area contributed by atoms with Gasteiger partial charge in [0.25, 0.3) is 0 Å². The van der Waals surface area contributed by atoms with Gasteiger partial charge in [0, 0.05) is 5.56 Å². The fourth-order valence-electron chi connectivity index (χ4n) is 2.76. The Labute approximate surface area is 168 Å². The topological polar surface area (TPSA) is 33.6 Å². The fraction of sp³-hybridized carbons (Fsp3) is 0.435. The number of nitrogens with zero attached hydrogens (tertiary/aromatic N) is 1. The number of nitrogens with one attached hydrogen (secondary N) is 1. The van der Waals surface area contributed by atoms with Gasteiger partial charge in [-0.15, -0.1) is 0 Å². The summed E-state index contributed by atoms with van der Waals surface area (Å²) in [6.07, 6.45) is 10.7. The summed E-state index contributed by atoms with van der Waals surface area (Å²) in [6, 6.07) is 13.8. The summed E-state index contributed by atoms with van der Waals surface area (Å²) in [4.78, 5) is 0. The van der Waals surface area contributed by atoms with Gasteiger partial charge in [0.2, 0.25) is 0 Å². The van der Waals surface area contributed by atoms with Crippen LogP contribution in [0.15, 0.2) is 47.6 Å². The van der Waals surface area contributed by atoms with E-state index in [-0.39, 0.29) is 0 Å². The van der Waals surface area contributed by atoms with Gasteiger partial charge >= 0.3 is 0 Å². The van der Waals surface area contributed by atoms with Crippen molar-refractivity contribution in [3.05, 3.63) is 58.6 Å². The zero-order chi connectivity index (χ0) is 19.3. The van der Waals surface area contributed by atoms with Crippen LogP contribution in [0.5, 0.6) is 5.75 Å². The number of ether oxygens (including phenoxy) is 1. The van der Waals surface area contributed by atoms with Crippen LogP contribution in [-0.4, -0.2) is 12.8 Å². The molecule has 0 fully saturated rings. The van der Waals surface area contributed by atoms with Gasteiger partial charge < -0.3 is 4.74 Å². The summed E-state index contributed by atoms with van der Waals surface area (Å²) in [5.41, 5.74) is 6.04. The van der Waals surface area contributed by atoms with E-state index >= 15 is 0 Å². The number of benzene rings is 2. The van der Waals surface area contributed by atoms with E-state index < -0.39 is 0 Å². The van der Waals surface area contributed by atoms with E-state index in [0.29, 0.717) is 5.02 Å². The van der Waals surface area contributed by atoms with Gasteiger partial charge in [-0.3, -0.25) is 5.43 Å². The lowest BCUT2D eigenvalue weighted by Gasteiger charge is -2.08. The van der Waals surface area contributed by atoms with Crippen molar-refractivity contribution < 1.29 is 4.74 Å². The Morgan fingerprint density at radius 2 is 1.67 bits per heavy atom. The molecule has 2 rings (SSSR count). The number of hydrogen-bond acceptors (Lipinski definition) is 3. The molecule has 0 amide bonds. The first-order valence-corrected chi connectivity index (χ1v) is 10.3. The molecule has 0 atom stereocenters. The van der Waals surface area contributed by atoms with Crippen LogP contribution in [0.2, 0.25) is 5.02 Å². The Hall–Kier alpha value is -2.00. The molecule has 0 radical (unpaired) electrons. The molecule has 3 nitrogen and oxygen atoms in total. The van der Waals surface area contributed by atoms with E-state index in [0.717, 1.165) is 30.0 Å². The minimum atomic E-state index is 0.640. The van der Waals surface area contributed by atoms with Gasteiger partial charge in [-0.1, -0.05) is 74.7 Å². The third kappa shape index (κ3) is 8.49. The number of aryl methyl sites for hydroxylation is 1. The zero-order valence-corrected chi connectivity index (χ0v) is 17.3. The molecular weight excluding hydrogens is 356 g/mol. The van der Waals surface area contributed by atoms with Crippen LogP contribution in [0.4, 0.5) is 5.69 Å². The first kappa shape index (κ1) is 21.3. The van der Waals surface area contributed by atoms with Crippen LogP contribution < -0.4 is 10.2 Å². The maximum atomic E-state index is 6.34. The summed E-state index contributed by atoms with van der Waals surface area (Å²) >= 11 is 6.34. The molecule has 0 saturated carbocycles. The van der Waals surface area contributed by atoms with Crippen molar-refractivity contribution >= 4 is 23.5 Å². The molecule has 0 aromatic heterocycles. The second-order valence-corrected chi connectivity index (χ2v) is 7.30. The summed E-state index contributed by atoms with van der Waals surface area (Å²) in [5.74, 6) is 0.814. The Morgan fingerprint density at radius 1 is 0.963 bits per heavy atom. The minimum Gasteiger partial charge on any atom is -0.494 e. The van der Waals surface area contributed by atoms with E-state index in [1.54, 1.807) is 6.21 Å². The highest BCUT2D eigenvalue weighted by atomic mass is 35.5. The molecule has 0 spiro atoms. The maximum absolute atomic E-state index is 6.34. The van der Waals surface area contributed by atoms with Gasteiger partial charge in [0.15, 0.2) is 0 Å². The maximum Gasteiger partial charge on any atom is 0.120 e. The van der Waals surface area contributed by atoms with Gasteiger partial charge in [0.1, 0.15) is 5.75 Å². The normalized spacial score (nSPS) is 11.1. The lowest BCUT2D eigenvalue weighted by Crippen LogP contribution is -1.98. The Bertz CT molecular complexity index is 698. The predicted octanol–water partition coefficient (Wildman–Crippen LogP) is 7.22. The molecule has 0 aliphatic carbocycles. The first-order valence-electron chi connectivity index (χ1n) is 9.97. The van der Waals surface area contributed by atoms with Crippen molar-refractivity contribution in [1.29, 1.82) is 0 Å². The standard InChI is InChI=1S/C23H31ClN2O/c1-3-4-5-6-7-8-9-16-27-22-15-12-20(23(24)17-22)18-25-26-21-13-10-19(2)11-14-21/h10-15,17-18,26H,3-9,16H2,1-2H3/b25-18+. The van der Waals surface area contributed by atoms with Crippen LogP contribution >= 0.6 is 11.6 Å².